The van der Waals surface area contributed by atoms with Crippen molar-refractivity contribution in [2.24, 2.45) is 0 Å². The molecule has 5 nitrogen and oxygen atoms in total. The molecule has 1 aromatic carbocycles. The highest BCUT2D eigenvalue weighted by molar-refractivity contribution is 7.91. The lowest BCUT2D eigenvalue weighted by molar-refractivity contribution is 0.0955. The largest absolute Gasteiger partial charge is 0.395 e. The van der Waals surface area contributed by atoms with Gasteiger partial charge in [0.2, 0.25) is 0 Å². The summed E-state index contributed by atoms with van der Waals surface area (Å²) in [6.45, 7) is 1.86. The van der Waals surface area contributed by atoms with E-state index in [1.807, 2.05) is 13.0 Å². The standard InChI is InChI=1S/C15H17NO4S2/c1-11-2-7-14(21-11)15(18)16-10-12-3-5-13(6-4-12)22(19,20)9-8-17/h2-7,17H,8-10H2,1H3,(H,16,18). The summed E-state index contributed by atoms with van der Waals surface area (Å²) in [7, 11) is -3.43. The van der Waals surface area contributed by atoms with Gasteiger partial charge in [0.05, 0.1) is 22.1 Å². The van der Waals surface area contributed by atoms with Crippen LogP contribution >= 0.6 is 11.3 Å². The molecule has 0 bridgehead atoms. The maximum Gasteiger partial charge on any atom is 0.261 e. The zero-order valence-corrected chi connectivity index (χ0v) is 13.7. The van der Waals surface area contributed by atoms with Crippen molar-refractivity contribution >= 4 is 27.1 Å². The van der Waals surface area contributed by atoms with Crippen LogP contribution in [-0.2, 0) is 16.4 Å². The molecule has 0 spiro atoms. The number of carbonyl (C=O) groups excluding carboxylic acids is 1. The highest BCUT2D eigenvalue weighted by atomic mass is 32.2. The maximum atomic E-state index is 11.9. The van der Waals surface area contributed by atoms with Crippen molar-refractivity contribution in [1.29, 1.82) is 0 Å². The Hall–Kier alpha value is -1.70. The van der Waals surface area contributed by atoms with Crippen LogP contribution in [0.1, 0.15) is 20.1 Å². The molecule has 2 rings (SSSR count). The molecule has 0 aliphatic heterocycles. The Morgan fingerprint density at radius 3 is 2.41 bits per heavy atom. The maximum absolute atomic E-state index is 11.9. The monoisotopic (exact) mass is 339 g/mol. The fourth-order valence-corrected chi connectivity index (χ4v) is 3.69. The van der Waals surface area contributed by atoms with E-state index in [1.165, 1.54) is 23.5 Å². The van der Waals surface area contributed by atoms with Gasteiger partial charge in [-0.15, -0.1) is 11.3 Å². The molecule has 2 aromatic rings. The van der Waals surface area contributed by atoms with Crippen LogP contribution in [0.3, 0.4) is 0 Å². The van der Waals surface area contributed by atoms with Crippen LogP contribution < -0.4 is 5.32 Å². The smallest absolute Gasteiger partial charge is 0.261 e. The van der Waals surface area contributed by atoms with Crippen LogP contribution in [-0.4, -0.2) is 31.8 Å². The molecule has 22 heavy (non-hydrogen) atoms. The van der Waals surface area contributed by atoms with Crippen LogP contribution in [0.2, 0.25) is 0 Å². The van der Waals surface area contributed by atoms with Crippen molar-refractivity contribution in [1.82, 2.24) is 5.32 Å². The first-order valence-electron chi connectivity index (χ1n) is 6.69. The number of amides is 1. The Kier molecular flexibility index (Phi) is 5.33. The Labute approximate surface area is 133 Å². The van der Waals surface area contributed by atoms with Gasteiger partial charge >= 0.3 is 0 Å². The molecule has 0 fully saturated rings. The summed E-state index contributed by atoms with van der Waals surface area (Å²) in [5.41, 5.74) is 0.810. The third kappa shape index (κ3) is 4.16. The van der Waals surface area contributed by atoms with Gasteiger partial charge in [0, 0.05) is 11.4 Å². The summed E-state index contributed by atoms with van der Waals surface area (Å²) in [4.78, 5) is 13.8. The minimum atomic E-state index is -3.43. The predicted molar refractivity (Wildman–Crippen MR) is 85.8 cm³/mol. The molecule has 0 saturated carbocycles. The number of hydrogen-bond donors (Lipinski definition) is 2. The number of aliphatic hydroxyl groups excluding tert-OH is 1. The number of aliphatic hydroxyl groups is 1. The molecule has 0 unspecified atom stereocenters. The van der Waals surface area contributed by atoms with E-state index >= 15 is 0 Å². The normalized spacial score (nSPS) is 11.4. The first-order valence-corrected chi connectivity index (χ1v) is 9.16. The van der Waals surface area contributed by atoms with E-state index in [1.54, 1.807) is 18.2 Å². The molecule has 0 atom stereocenters. The van der Waals surface area contributed by atoms with Crippen molar-refractivity contribution in [3.63, 3.8) is 0 Å². The number of thiophene rings is 1. The summed E-state index contributed by atoms with van der Waals surface area (Å²) in [6, 6.07) is 9.96. The second-order valence-electron chi connectivity index (χ2n) is 4.78. The van der Waals surface area contributed by atoms with E-state index in [0.717, 1.165) is 10.4 Å². The molecule has 7 heteroatoms. The molecule has 1 amide bonds. The number of carbonyl (C=O) groups is 1. The number of rotatable bonds is 6. The second kappa shape index (κ2) is 7.04. The van der Waals surface area contributed by atoms with Crippen molar-refractivity contribution in [2.75, 3.05) is 12.4 Å². The lowest BCUT2D eigenvalue weighted by Gasteiger charge is -2.06. The lowest BCUT2D eigenvalue weighted by atomic mass is 10.2. The average molecular weight is 339 g/mol. The highest BCUT2D eigenvalue weighted by Crippen LogP contribution is 2.15. The van der Waals surface area contributed by atoms with E-state index in [2.05, 4.69) is 5.32 Å². The van der Waals surface area contributed by atoms with Gasteiger partial charge in [-0.05, 0) is 36.8 Å². The van der Waals surface area contributed by atoms with Gasteiger partial charge in [0.15, 0.2) is 9.84 Å². The summed E-state index contributed by atoms with van der Waals surface area (Å²) >= 11 is 1.43. The van der Waals surface area contributed by atoms with Crippen molar-refractivity contribution < 1.29 is 18.3 Å². The zero-order valence-electron chi connectivity index (χ0n) is 12.1. The summed E-state index contributed by atoms with van der Waals surface area (Å²) < 4.78 is 23.5. The van der Waals surface area contributed by atoms with Gasteiger partial charge in [-0.3, -0.25) is 4.79 Å². The third-order valence-corrected chi connectivity index (χ3v) is 5.77. The third-order valence-electron chi connectivity index (χ3n) is 3.06. The van der Waals surface area contributed by atoms with Crippen molar-refractivity contribution in [3.8, 4) is 0 Å². The van der Waals surface area contributed by atoms with Crippen LogP contribution in [0.15, 0.2) is 41.3 Å². The Morgan fingerprint density at radius 1 is 1.18 bits per heavy atom. The van der Waals surface area contributed by atoms with E-state index < -0.39 is 16.4 Å². The second-order valence-corrected chi connectivity index (χ2v) is 8.18. The molecule has 0 aliphatic rings. The number of benzene rings is 1. The molecular formula is C15H17NO4S2. The topological polar surface area (TPSA) is 83.5 Å². The van der Waals surface area contributed by atoms with Gasteiger partial charge in [0.25, 0.3) is 5.91 Å². The molecule has 1 aromatic heterocycles. The van der Waals surface area contributed by atoms with Crippen molar-refractivity contribution in [2.45, 2.75) is 18.4 Å². The molecule has 0 radical (unpaired) electrons. The van der Waals surface area contributed by atoms with E-state index in [0.29, 0.717) is 11.4 Å². The average Bonchev–Trinajstić information content (AvgIpc) is 2.92. The van der Waals surface area contributed by atoms with Gasteiger partial charge in [0.1, 0.15) is 0 Å². The fourth-order valence-electron chi connectivity index (χ4n) is 1.88. The molecule has 0 saturated heterocycles. The lowest BCUT2D eigenvalue weighted by Crippen LogP contribution is -2.21. The first kappa shape index (κ1) is 16.7. The minimum Gasteiger partial charge on any atom is -0.395 e. The first-order chi connectivity index (χ1) is 10.4. The number of aryl methyl sites for hydroxylation is 1. The Morgan fingerprint density at radius 2 is 1.86 bits per heavy atom. The summed E-state index contributed by atoms with van der Waals surface area (Å²) in [5.74, 6) is -0.434. The van der Waals surface area contributed by atoms with E-state index in [-0.39, 0.29) is 16.6 Å². The van der Waals surface area contributed by atoms with Gasteiger partial charge < -0.3 is 10.4 Å². The fraction of sp³-hybridized carbons (Fsp3) is 0.267. The summed E-state index contributed by atoms with van der Waals surface area (Å²) in [5, 5.41) is 11.5. The van der Waals surface area contributed by atoms with Gasteiger partial charge in [-0.25, -0.2) is 8.42 Å². The SMILES string of the molecule is Cc1ccc(C(=O)NCc2ccc(S(=O)(=O)CCO)cc2)s1. The number of sulfone groups is 1. The van der Waals surface area contributed by atoms with Crippen molar-refractivity contribution in [3.05, 3.63) is 51.7 Å². The Balaban J connectivity index is 1.98. The molecule has 2 N–H and O–H groups in total. The molecule has 0 aliphatic carbocycles. The van der Waals surface area contributed by atoms with E-state index in [4.69, 9.17) is 5.11 Å². The molecular weight excluding hydrogens is 322 g/mol. The highest BCUT2D eigenvalue weighted by Gasteiger charge is 2.13. The van der Waals surface area contributed by atoms with Crippen LogP contribution in [0.4, 0.5) is 0 Å². The van der Waals surface area contributed by atoms with Gasteiger partial charge in [-0.2, -0.15) is 0 Å². The Bertz CT molecular complexity index is 748. The molecule has 118 valence electrons. The van der Waals surface area contributed by atoms with Crippen LogP contribution in [0.25, 0.3) is 0 Å². The van der Waals surface area contributed by atoms with Crippen LogP contribution in [0, 0.1) is 6.92 Å². The zero-order chi connectivity index (χ0) is 16.2. The van der Waals surface area contributed by atoms with Gasteiger partial charge in [-0.1, -0.05) is 12.1 Å². The van der Waals surface area contributed by atoms with Crippen LogP contribution in [0.5, 0.6) is 0 Å². The molecule has 1 heterocycles. The van der Waals surface area contributed by atoms with E-state index in [9.17, 15) is 13.2 Å². The summed E-state index contributed by atoms with van der Waals surface area (Å²) in [6.07, 6.45) is 0. The number of nitrogens with one attached hydrogen (secondary N) is 1. The quantitative estimate of drug-likeness (QED) is 0.840. The minimum absolute atomic E-state index is 0.143. The predicted octanol–water partition coefficient (Wildman–Crippen LogP) is 1.75. The number of hydrogen-bond acceptors (Lipinski definition) is 5.